The van der Waals surface area contributed by atoms with Crippen molar-refractivity contribution in [2.24, 2.45) is 0 Å². The third kappa shape index (κ3) is 8.53. The van der Waals surface area contributed by atoms with E-state index >= 15 is 0 Å². The molecule has 0 heterocycles. The Labute approximate surface area is 183 Å². The van der Waals surface area contributed by atoms with Gasteiger partial charge in [-0.1, -0.05) is 6.07 Å². The number of rotatable bonds is 10. The summed E-state index contributed by atoms with van der Waals surface area (Å²) in [7, 11) is 0. The number of aryl methyl sites for hydroxylation is 1. The first-order chi connectivity index (χ1) is 14.7. The Kier molecular flexibility index (Phi) is 10.9. The molecule has 1 rings (SSSR count). The van der Waals surface area contributed by atoms with Crippen LogP contribution in [0.1, 0.15) is 33.3 Å². The van der Waals surface area contributed by atoms with E-state index in [1.165, 1.54) is 0 Å². The van der Waals surface area contributed by atoms with Gasteiger partial charge in [-0.2, -0.15) is 0 Å². The molecule has 0 aliphatic heterocycles. The lowest BCUT2D eigenvalue weighted by Crippen LogP contribution is -2.41. The van der Waals surface area contributed by atoms with Gasteiger partial charge in [0.25, 0.3) is 0 Å². The number of hydrogen-bond acceptors (Lipinski definition) is 4. The van der Waals surface area contributed by atoms with Crippen molar-refractivity contribution in [1.82, 2.24) is 20.4 Å². The summed E-state index contributed by atoms with van der Waals surface area (Å²) in [5, 5.41) is 10.4. The molecule has 10 nitrogen and oxygen atoms in total. The molecule has 172 valence electrons. The standard InChI is InChI=1S/C21H34N6O4/c1-6-26(7-2)18(28)13-22-20(30)24-16-11-10-15(5)17(12-16)25-21(31)23-14-19(29)27(8-3)9-4/h10-12H,6-9,13-14H2,1-5H3,(H2,22,24,30)(H2,23,25,31). The van der Waals surface area contributed by atoms with Gasteiger partial charge in [0.05, 0.1) is 13.1 Å². The Balaban J connectivity index is 2.62. The van der Waals surface area contributed by atoms with Gasteiger partial charge in [0.15, 0.2) is 0 Å². The Hall–Kier alpha value is -3.30. The highest BCUT2D eigenvalue weighted by atomic mass is 16.2. The molecular formula is C21H34N6O4. The number of anilines is 2. The van der Waals surface area contributed by atoms with Crippen molar-refractivity contribution in [2.75, 3.05) is 49.9 Å². The maximum absolute atomic E-state index is 12.2. The quantitative estimate of drug-likeness (QED) is 0.450. The molecule has 4 N–H and O–H groups in total. The van der Waals surface area contributed by atoms with E-state index < -0.39 is 12.1 Å². The van der Waals surface area contributed by atoms with Gasteiger partial charge in [-0.25, -0.2) is 9.59 Å². The number of carbonyl (C=O) groups is 4. The SMILES string of the molecule is CCN(CC)C(=O)CNC(=O)Nc1ccc(C)c(NC(=O)NCC(=O)N(CC)CC)c1. The molecule has 1 aromatic rings. The molecule has 0 aliphatic rings. The lowest BCUT2D eigenvalue weighted by molar-refractivity contribution is -0.130. The molecule has 0 spiro atoms. The van der Waals surface area contributed by atoms with Crippen molar-refractivity contribution in [1.29, 1.82) is 0 Å². The Morgan fingerprint density at radius 2 is 1.19 bits per heavy atom. The van der Waals surface area contributed by atoms with E-state index in [1.807, 2.05) is 34.6 Å². The number of amides is 6. The third-order valence-corrected chi connectivity index (χ3v) is 4.78. The largest absolute Gasteiger partial charge is 0.342 e. The summed E-state index contributed by atoms with van der Waals surface area (Å²) in [6, 6.07) is 3.99. The Morgan fingerprint density at radius 1 is 0.742 bits per heavy atom. The normalized spacial score (nSPS) is 10.1. The van der Waals surface area contributed by atoms with Gasteiger partial charge in [0.1, 0.15) is 0 Å². The minimum Gasteiger partial charge on any atom is -0.342 e. The van der Waals surface area contributed by atoms with Gasteiger partial charge in [-0.3, -0.25) is 9.59 Å². The van der Waals surface area contributed by atoms with Gasteiger partial charge in [-0.15, -0.1) is 0 Å². The zero-order valence-electron chi connectivity index (χ0n) is 19.0. The van der Waals surface area contributed by atoms with Gasteiger partial charge in [-0.05, 0) is 52.3 Å². The molecule has 0 atom stereocenters. The summed E-state index contributed by atoms with van der Waals surface area (Å²) >= 11 is 0. The highest BCUT2D eigenvalue weighted by Gasteiger charge is 2.13. The molecule has 0 saturated carbocycles. The van der Waals surface area contributed by atoms with Gasteiger partial charge in [0, 0.05) is 37.6 Å². The van der Waals surface area contributed by atoms with E-state index in [-0.39, 0.29) is 24.9 Å². The Morgan fingerprint density at radius 3 is 1.65 bits per heavy atom. The molecule has 0 aromatic heterocycles. The topological polar surface area (TPSA) is 123 Å². The average molecular weight is 435 g/mol. The fourth-order valence-corrected chi connectivity index (χ4v) is 2.86. The van der Waals surface area contributed by atoms with Crippen molar-refractivity contribution in [3.63, 3.8) is 0 Å². The predicted molar refractivity (Wildman–Crippen MR) is 121 cm³/mol. The maximum atomic E-state index is 12.2. The van der Waals surface area contributed by atoms with Crippen molar-refractivity contribution in [3.8, 4) is 0 Å². The fourth-order valence-electron chi connectivity index (χ4n) is 2.86. The van der Waals surface area contributed by atoms with E-state index in [0.717, 1.165) is 5.56 Å². The van der Waals surface area contributed by atoms with E-state index in [1.54, 1.807) is 28.0 Å². The number of benzene rings is 1. The van der Waals surface area contributed by atoms with E-state index in [0.29, 0.717) is 37.6 Å². The molecule has 0 aliphatic carbocycles. The number of urea groups is 2. The summed E-state index contributed by atoms with van der Waals surface area (Å²) < 4.78 is 0. The van der Waals surface area contributed by atoms with Crippen LogP contribution in [0.3, 0.4) is 0 Å². The lowest BCUT2D eigenvalue weighted by atomic mass is 10.2. The van der Waals surface area contributed by atoms with Crippen LogP contribution in [0.4, 0.5) is 21.0 Å². The number of carbonyl (C=O) groups excluding carboxylic acids is 4. The van der Waals surface area contributed by atoms with Crippen LogP contribution in [0, 0.1) is 6.92 Å². The maximum Gasteiger partial charge on any atom is 0.319 e. The fraction of sp³-hybridized carbons (Fsp3) is 0.524. The molecule has 1 aromatic carbocycles. The molecule has 0 bridgehead atoms. The molecule has 0 fully saturated rings. The summed E-state index contributed by atoms with van der Waals surface area (Å²) in [4.78, 5) is 51.5. The monoisotopic (exact) mass is 434 g/mol. The van der Waals surface area contributed by atoms with E-state index in [4.69, 9.17) is 0 Å². The molecule has 6 amide bonds. The second kappa shape index (κ2) is 13.1. The number of likely N-dealkylation sites (N-methyl/N-ethyl adjacent to an activating group) is 2. The zero-order valence-corrected chi connectivity index (χ0v) is 19.0. The highest BCUT2D eigenvalue weighted by Crippen LogP contribution is 2.20. The summed E-state index contributed by atoms with van der Waals surface area (Å²) in [6.45, 7) is 11.4. The zero-order chi connectivity index (χ0) is 23.4. The number of hydrogen-bond donors (Lipinski definition) is 4. The predicted octanol–water partition coefficient (Wildman–Crippen LogP) is 1.97. The van der Waals surface area contributed by atoms with Crippen LogP contribution < -0.4 is 21.3 Å². The van der Waals surface area contributed by atoms with Crippen LogP contribution in [0.5, 0.6) is 0 Å². The van der Waals surface area contributed by atoms with Crippen LogP contribution in [0.2, 0.25) is 0 Å². The number of nitrogens with zero attached hydrogens (tertiary/aromatic N) is 2. The molecule has 10 heteroatoms. The number of nitrogens with one attached hydrogen (secondary N) is 4. The second-order valence-corrected chi connectivity index (χ2v) is 6.78. The van der Waals surface area contributed by atoms with Crippen LogP contribution in [-0.2, 0) is 9.59 Å². The van der Waals surface area contributed by atoms with Crippen molar-refractivity contribution in [3.05, 3.63) is 23.8 Å². The Bertz CT molecular complexity index is 775. The first-order valence-corrected chi connectivity index (χ1v) is 10.5. The lowest BCUT2D eigenvalue weighted by Gasteiger charge is -2.19. The summed E-state index contributed by atoms with van der Waals surface area (Å²) in [5.74, 6) is -0.328. The smallest absolute Gasteiger partial charge is 0.319 e. The first-order valence-electron chi connectivity index (χ1n) is 10.5. The van der Waals surface area contributed by atoms with Crippen molar-refractivity contribution < 1.29 is 19.2 Å². The minimum atomic E-state index is -0.524. The molecule has 31 heavy (non-hydrogen) atoms. The first kappa shape index (κ1) is 25.7. The molecule has 0 radical (unpaired) electrons. The van der Waals surface area contributed by atoms with Crippen molar-refractivity contribution in [2.45, 2.75) is 34.6 Å². The van der Waals surface area contributed by atoms with Crippen LogP contribution in [-0.4, -0.2) is 72.9 Å². The van der Waals surface area contributed by atoms with E-state index in [9.17, 15) is 19.2 Å². The molecule has 0 unspecified atom stereocenters. The summed E-state index contributed by atoms with van der Waals surface area (Å²) in [5.41, 5.74) is 1.73. The van der Waals surface area contributed by atoms with Crippen LogP contribution in [0.15, 0.2) is 18.2 Å². The molecule has 0 saturated heterocycles. The highest BCUT2D eigenvalue weighted by molar-refractivity contribution is 5.95. The van der Waals surface area contributed by atoms with Gasteiger partial charge >= 0.3 is 12.1 Å². The van der Waals surface area contributed by atoms with Crippen LogP contribution >= 0.6 is 0 Å². The van der Waals surface area contributed by atoms with Crippen molar-refractivity contribution >= 4 is 35.3 Å². The summed E-state index contributed by atoms with van der Waals surface area (Å²) in [6.07, 6.45) is 0. The van der Waals surface area contributed by atoms with Gasteiger partial charge in [0.2, 0.25) is 11.8 Å². The van der Waals surface area contributed by atoms with Crippen LogP contribution in [0.25, 0.3) is 0 Å². The second-order valence-electron chi connectivity index (χ2n) is 6.78. The van der Waals surface area contributed by atoms with E-state index in [2.05, 4.69) is 21.3 Å². The minimum absolute atomic E-state index is 0.104. The third-order valence-electron chi connectivity index (χ3n) is 4.78. The van der Waals surface area contributed by atoms with Gasteiger partial charge < -0.3 is 31.1 Å². The molecular weight excluding hydrogens is 400 g/mol. The average Bonchev–Trinajstić information content (AvgIpc) is 2.75.